The fraction of sp³-hybridized carbons (Fsp3) is 0.286. The minimum atomic E-state index is 0.414. The molecule has 0 saturated carbocycles. The van der Waals surface area contributed by atoms with Crippen molar-refractivity contribution < 1.29 is 4.74 Å². The fourth-order valence-electron chi connectivity index (χ4n) is 3.60. The number of aromatic nitrogens is 2. The van der Waals surface area contributed by atoms with Gasteiger partial charge in [-0.2, -0.15) is 5.10 Å². The first-order chi connectivity index (χ1) is 12.6. The smallest absolute Gasteiger partial charge is 0.133 e. The van der Waals surface area contributed by atoms with Crippen molar-refractivity contribution in [3.63, 3.8) is 0 Å². The highest BCUT2D eigenvalue weighted by molar-refractivity contribution is 6.31. The summed E-state index contributed by atoms with van der Waals surface area (Å²) in [6, 6.07) is 14.1. The summed E-state index contributed by atoms with van der Waals surface area (Å²) < 4.78 is 7.60. The number of para-hydroxylation sites is 1. The summed E-state index contributed by atoms with van der Waals surface area (Å²) in [5.74, 6) is 2.26. The highest BCUT2D eigenvalue weighted by atomic mass is 35.5. The molecule has 1 N–H and O–H groups in total. The third kappa shape index (κ3) is 2.74. The van der Waals surface area contributed by atoms with E-state index in [9.17, 15) is 0 Å². The molecule has 0 radical (unpaired) electrons. The lowest BCUT2D eigenvalue weighted by atomic mass is 10.0. The maximum Gasteiger partial charge on any atom is 0.133 e. The summed E-state index contributed by atoms with van der Waals surface area (Å²) >= 11 is 6.26. The van der Waals surface area contributed by atoms with E-state index in [0.717, 1.165) is 41.5 Å². The molecule has 3 aromatic rings. The van der Waals surface area contributed by atoms with Crippen molar-refractivity contribution in [1.29, 1.82) is 0 Å². The van der Waals surface area contributed by atoms with Crippen LogP contribution in [0.2, 0.25) is 5.02 Å². The van der Waals surface area contributed by atoms with Gasteiger partial charge >= 0.3 is 0 Å². The SMILES string of the molecule is COc1ccc(Cl)cc1-c1nn(-c2ccccc2C(C)C)c2c1CCN2. The van der Waals surface area contributed by atoms with E-state index in [1.54, 1.807) is 7.11 Å². The van der Waals surface area contributed by atoms with Crippen molar-refractivity contribution in [2.75, 3.05) is 19.0 Å². The number of nitrogens with one attached hydrogen (secondary N) is 1. The van der Waals surface area contributed by atoms with Crippen LogP contribution in [0, 0.1) is 0 Å². The molecule has 0 atom stereocenters. The average molecular weight is 368 g/mol. The second-order valence-corrected chi connectivity index (χ2v) is 7.26. The minimum absolute atomic E-state index is 0.414. The number of benzene rings is 2. The van der Waals surface area contributed by atoms with Crippen LogP contribution in [0.15, 0.2) is 42.5 Å². The topological polar surface area (TPSA) is 39.1 Å². The summed E-state index contributed by atoms with van der Waals surface area (Å²) in [6.45, 7) is 5.32. The molecular weight excluding hydrogens is 346 g/mol. The highest BCUT2D eigenvalue weighted by Crippen LogP contribution is 2.40. The third-order valence-corrected chi connectivity index (χ3v) is 5.09. The van der Waals surface area contributed by atoms with Crippen LogP contribution in [0.3, 0.4) is 0 Å². The van der Waals surface area contributed by atoms with Gasteiger partial charge in [-0.05, 0) is 42.2 Å². The van der Waals surface area contributed by atoms with Crippen molar-refractivity contribution in [3.8, 4) is 22.7 Å². The molecule has 0 spiro atoms. The molecular formula is C21H22ClN3O. The van der Waals surface area contributed by atoms with Gasteiger partial charge < -0.3 is 10.1 Å². The van der Waals surface area contributed by atoms with Gasteiger partial charge in [0.1, 0.15) is 17.3 Å². The molecule has 0 unspecified atom stereocenters. The molecule has 1 aliphatic heterocycles. The monoisotopic (exact) mass is 367 g/mol. The van der Waals surface area contributed by atoms with Gasteiger partial charge in [-0.3, -0.25) is 0 Å². The fourth-order valence-corrected chi connectivity index (χ4v) is 3.77. The predicted octanol–water partition coefficient (Wildman–Crippen LogP) is 5.29. The van der Waals surface area contributed by atoms with Crippen molar-refractivity contribution >= 4 is 17.4 Å². The van der Waals surface area contributed by atoms with Crippen LogP contribution in [0.5, 0.6) is 5.75 Å². The number of halogens is 1. The van der Waals surface area contributed by atoms with Crippen LogP contribution < -0.4 is 10.1 Å². The van der Waals surface area contributed by atoms with E-state index in [0.29, 0.717) is 10.9 Å². The molecule has 0 saturated heterocycles. The van der Waals surface area contributed by atoms with Crippen molar-refractivity contribution in [2.24, 2.45) is 0 Å². The Kier molecular flexibility index (Phi) is 4.37. The summed E-state index contributed by atoms with van der Waals surface area (Å²) in [4.78, 5) is 0. The molecule has 5 heteroatoms. The van der Waals surface area contributed by atoms with E-state index in [4.69, 9.17) is 21.4 Å². The Balaban J connectivity index is 1.95. The number of fused-ring (bicyclic) bond motifs is 1. The average Bonchev–Trinajstić information content (AvgIpc) is 3.24. The summed E-state index contributed by atoms with van der Waals surface area (Å²) in [5.41, 5.74) is 5.46. The zero-order valence-electron chi connectivity index (χ0n) is 15.2. The first-order valence-electron chi connectivity index (χ1n) is 8.89. The number of nitrogens with zero attached hydrogens (tertiary/aromatic N) is 2. The third-order valence-electron chi connectivity index (χ3n) is 4.85. The number of methoxy groups -OCH3 is 1. The van der Waals surface area contributed by atoms with E-state index in [1.807, 2.05) is 22.9 Å². The summed E-state index contributed by atoms with van der Waals surface area (Å²) in [5, 5.41) is 9.16. The van der Waals surface area contributed by atoms with Crippen LogP contribution in [-0.2, 0) is 6.42 Å². The molecule has 1 aromatic heterocycles. The second kappa shape index (κ2) is 6.69. The van der Waals surface area contributed by atoms with E-state index in [-0.39, 0.29) is 0 Å². The van der Waals surface area contributed by atoms with Crippen molar-refractivity contribution in [3.05, 3.63) is 58.6 Å². The van der Waals surface area contributed by atoms with Crippen molar-refractivity contribution in [2.45, 2.75) is 26.2 Å². The van der Waals surface area contributed by atoms with Gasteiger partial charge in [0, 0.05) is 22.7 Å². The number of hydrogen-bond acceptors (Lipinski definition) is 3. The van der Waals surface area contributed by atoms with Crippen LogP contribution in [0.25, 0.3) is 16.9 Å². The van der Waals surface area contributed by atoms with E-state index in [1.165, 1.54) is 11.1 Å². The van der Waals surface area contributed by atoms with E-state index in [2.05, 4.69) is 43.4 Å². The molecule has 0 fully saturated rings. The summed E-state index contributed by atoms with van der Waals surface area (Å²) in [7, 11) is 1.68. The maximum atomic E-state index is 6.26. The van der Waals surface area contributed by atoms with Gasteiger partial charge in [-0.1, -0.05) is 43.6 Å². The van der Waals surface area contributed by atoms with Gasteiger partial charge in [0.2, 0.25) is 0 Å². The standard InChI is InChI=1S/C21H22ClN3O/c1-13(2)15-6-4-5-7-18(15)25-21-16(10-11-23-21)20(24-25)17-12-14(22)8-9-19(17)26-3/h4-9,12-13,23H,10-11H2,1-3H3. The van der Waals surface area contributed by atoms with Crippen LogP contribution in [0.1, 0.15) is 30.9 Å². The largest absolute Gasteiger partial charge is 0.496 e. The van der Waals surface area contributed by atoms with E-state index < -0.39 is 0 Å². The Labute approximate surface area is 158 Å². The molecule has 134 valence electrons. The molecule has 2 heterocycles. The maximum absolute atomic E-state index is 6.26. The van der Waals surface area contributed by atoms with Gasteiger partial charge in [-0.15, -0.1) is 0 Å². The number of anilines is 1. The molecule has 1 aliphatic rings. The molecule has 0 bridgehead atoms. The lowest BCUT2D eigenvalue weighted by Crippen LogP contribution is -2.07. The lowest BCUT2D eigenvalue weighted by molar-refractivity contribution is 0.416. The first kappa shape index (κ1) is 17.0. The Morgan fingerprint density at radius 1 is 1.19 bits per heavy atom. The Hall–Kier alpha value is -2.46. The van der Waals surface area contributed by atoms with Gasteiger partial charge in [0.15, 0.2) is 0 Å². The molecule has 0 aliphatic carbocycles. The molecule has 0 amide bonds. The number of hydrogen-bond donors (Lipinski definition) is 1. The van der Waals surface area contributed by atoms with Gasteiger partial charge in [0.25, 0.3) is 0 Å². The second-order valence-electron chi connectivity index (χ2n) is 6.82. The Bertz CT molecular complexity index is 962. The highest BCUT2D eigenvalue weighted by Gasteiger charge is 2.26. The lowest BCUT2D eigenvalue weighted by Gasteiger charge is -2.14. The molecule has 2 aromatic carbocycles. The van der Waals surface area contributed by atoms with Crippen LogP contribution >= 0.6 is 11.6 Å². The van der Waals surface area contributed by atoms with Gasteiger partial charge in [-0.25, -0.2) is 4.68 Å². The van der Waals surface area contributed by atoms with Crippen LogP contribution in [0.4, 0.5) is 5.82 Å². The van der Waals surface area contributed by atoms with Crippen molar-refractivity contribution in [1.82, 2.24) is 9.78 Å². The molecule has 4 rings (SSSR count). The van der Waals surface area contributed by atoms with E-state index >= 15 is 0 Å². The number of ether oxygens (including phenoxy) is 1. The number of rotatable bonds is 4. The normalized spacial score (nSPS) is 13.0. The van der Waals surface area contributed by atoms with Gasteiger partial charge in [0.05, 0.1) is 12.8 Å². The Morgan fingerprint density at radius 2 is 2.00 bits per heavy atom. The molecule has 4 nitrogen and oxygen atoms in total. The Morgan fingerprint density at radius 3 is 2.77 bits per heavy atom. The quantitative estimate of drug-likeness (QED) is 0.680. The van der Waals surface area contributed by atoms with Crippen LogP contribution in [-0.4, -0.2) is 23.4 Å². The summed E-state index contributed by atoms with van der Waals surface area (Å²) in [6.07, 6.45) is 0.935. The molecule has 26 heavy (non-hydrogen) atoms. The zero-order valence-corrected chi connectivity index (χ0v) is 16.0. The zero-order chi connectivity index (χ0) is 18.3. The first-order valence-corrected chi connectivity index (χ1v) is 9.27. The minimum Gasteiger partial charge on any atom is -0.496 e. The predicted molar refractivity (Wildman–Crippen MR) is 107 cm³/mol.